The van der Waals surface area contributed by atoms with Gasteiger partial charge in [0.2, 0.25) is 11.8 Å². The highest BCUT2D eigenvalue weighted by molar-refractivity contribution is 5.93. The number of carbonyl (C=O) groups excluding carboxylic acids is 2. The number of rotatable bonds is 7. The summed E-state index contributed by atoms with van der Waals surface area (Å²) in [5.74, 6) is 0.0918. The average Bonchev–Trinajstić information content (AvgIpc) is 2.73. The van der Waals surface area contributed by atoms with Crippen LogP contribution in [-0.4, -0.2) is 41.2 Å². The quantitative estimate of drug-likeness (QED) is 0.776. The van der Waals surface area contributed by atoms with Gasteiger partial charge in [-0.1, -0.05) is 48.5 Å². The van der Waals surface area contributed by atoms with Crippen molar-refractivity contribution in [3.8, 4) is 0 Å². The second kappa shape index (κ2) is 10.2. The van der Waals surface area contributed by atoms with Crippen LogP contribution in [0.4, 0.5) is 5.69 Å². The normalized spacial score (nSPS) is 17.0. The van der Waals surface area contributed by atoms with Gasteiger partial charge in [0, 0.05) is 38.8 Å². The zero-order valence-electron chi connectivity index (χ0n) is 17.4. The molecule has 0 saturated carbocycles. The molecule has 5 heteroatoms. The third kappa shape index (κ3) is 5.91. The third-order valence-electron chi connectivity index (χ3n) is 5.59. The Balaban J connectivity index is 1.63. The number of hydrogen-bond acceptors (Lipinski definition) is 3. The van der Waals surface area contributed by atoms with E-state index < -0.39 is 0 Å². The summed E-state index contributed by atoms with van der Waals surface area (Å²) in [6, 6.07) is 18.2. The summed E-state index contributed by atoms with van der Waals surface area (Å²) in [7, 11) is 0. The summed E-state index contributed by atoms with van der Waals surface area (Å²) < 4.78 is 0. The predicted molar refractivity (Wildman–Crippen MR) is 116 cm³/mol. The van der Waals surface area contributed by atoms with E-state index in [1.54, 1.807) is 11.8 Å². The summed E-state index contributed by atoms with van der Waals surface area (Å²) >= 11 is 0. The van der Waals surface area contributed by atoms with E-state index in [1.165, 1.54) is 5.56 Å². The minimum Gasteiger partial charge on any atom is -0.339 e. The highest BCUT2D eigenvalue weighted by Gasteiger charge is 2.26. The molecule has 1 aliphatic rings. The molecule has 2 aromatic rings. The third-order valence-corrected chi connectivity index (χ3v) is 5.59. The average molecular weight is 394 g/mol. The van der Waals surface area contributed by atoms with Crippen molar-refractivity contribution in [1.29, 1.82) is 0 Å². The lowest BCUT2D eigenvalue weighted by molar-refractivity contribution is -0.129. The molecule has 0 radical (unpaired) electrons. The molecule has 154 valence electrons. The lowest BCUT2D eigenvalue weighted by Gasteiger charge is -2.32. The summed E-state index contributed by atoms with van der Waals surface area (Å²) in [6.45, 7) is 7.38. The highest BCUT2D eigenvalue weighted by atomic mass is 16.2. The van der Waals surface area contributed by atoms with Crippen LogP contribution in [-0.2, 0) is 22.7 Å². The standard InChI is InChI=1S/C24H31N3O2/c1-3-27(19(2)28)18-21-12-7-8-14-23(21)25-24(29)22-13-9-15-26(17-22)16-20-10-5-4-6-11-20/h4-8,10-12,14,22H,3,9,13,15-18H2,1-2H3,(H,25,29). The first kappa shape index (κ1) is 21.1. The van der Waals surface area contributed by atoms with E-state index in [-0.39, 0.29) is 17.7 Å². The van der Waals surface area contributed by atoms with Gasteiger partial charge in [0.15, 0.2) is 0 Å². The van der Waals surface area contributed by atoms with Gasteiger partial charge in [-0.15, -0.1) is 0 Å². The molecule has 0 spiro atoms. The lowest BCUT2D eigenvalue weighted by Crippen LogP contribution is -2.40. The minimum absolute atomic E-state index is 0.0180. The molecule has 0 bridgehead atoms. The van der Waals surface area contributed by atoms with Gasteiger partial charge in [0.1, 0.15) is 0 Å². The van der Waals surface area contributed by atoms with E-state index in [4.69, 9.17) is 0 Å². The molecule has 2 amide bonds. The number of amides is 2. The van der Waals surface area contributed by atoms with Crippen LogP contribution < -0.4 is 5.32 Å². The Bertz CT molecular complexity index is 822. The maximum atomic E-state index is 13.0. The number of nitrogens with zero attached hydrogens (tertiary/aromatic N) is 2. The molecule has 0 aromatic heterocycles. The smallest absolute Gasteiger partial charge is 0.228 e. The number of para-hydroxylation sites is 1. The van der Waals surface area contributed by atoms with Crippen molar-refractivity contribution in [2.45, 2.75) is 39.8 Å². The Morgan fingerprint density at radius 3 is 2.55 bits per heavy atom. The van der Waals surface area contributed by atoms with Gasteiger partial charge >= 0.3 is 0 Å². The Morgan fingerprint density at radius 2 is 1.83 bits per heavy atom. The molecule has 1 N–H and O–H groups in total. The molecule has 1 fully saturated rings. The fourth-order valence-electron chi connectivity index (χ4n) is 3.92. The van der Waals surface area contributed by atoms with Crippen LogP contribution in [0, 0.1) is 5.92 Å². The number of anilines is 1. The molecule has 1 atom stereocenters. The van der Waals surface area contributed by atoms with E-state index in [9.17, 15) is 9.59 Å². The fourth-order valence-corrected chi connectivity index (χ4v) is 3.92. The second-order valence-electron chi connectivity index (χ2n) is 7.74. The van der Waals surface area contributed by atoms with Gasteiger partial charge in [0.05, 0.1) is 5.92 Å². The van der Waals surface area contributed by atoms with Crippen LogP contribution >= 0.6 is 0 Å². The van der Waals surface area contributed by atoms with E-state index in [1.807, 2.05) is 37.3 Å². The topological polar surface area (TPSA) is 52.7 Å². The van der Waals surface area contributed by atoms with E-state index in [2.05, 4.69) is 34.5 Å². The van der Waals surface area contributed by atoms with Crippen molar-refractivity contribution in [3.05, 3.63) is 65.7 Å². The molecule has 0 aliphatic carbocycles. The van der Waals surface area contributed by atoms with Crippen LogP contribution in [0.1, 0.15) is 37.8 Å². The summed E-state index contributed by atoms with van der Waals surface area (Å²) in [5, 5.41) is 3.13. The number of piperidine rings is 1. The van der Waals surface area contributed by atoms with Crippen LogP contribution in [0.2, 0.25) is 0 Å². The zero-order chi connectivity index (χ0) is 20.6. The molecule has 3 rings (SSSR count). The van der Waals surface area contributed by atoms with Gasteiger partial charge in [-0.05, 0) is 43.5 Å². The number of nitrogens with one attached hydrogen (secondary N) is 1. The fraction of sp³-hybridized carbons (Fsp3) is 0.417. The van der Waals surface area contributed by atoms with E-state index in [0.717, 1.165) is 43.7 Å². The second-order valence-corrected chi connectivity index (χ2v) is 7.74. The van der Waals surface area contributed by atoms with Crippen molar-refractivity contribution in [1.82, 2.24) is 9.80 Å². The molecule has 5 nitrogen and oxygen atoms in total. The highest BCUT2D eigenvalue weighted by Crippen LogP contribution is 2.23. The largest absolute Gasteiger partial charge is 0.339 e. The Morgan fingerprint density at radius 1 is 1.10 bits per heavy atom. The first-order valence-electron chi connectivity index (χ1n) is 10.5. The number of likely N-dealkylation sites (tertiary alicyclic amines) is 1. The maximum absolute atomic E-state index is 13.0. The first-order chi connectivity index (χ1) is 14.1. The molecule has 1 unspecified atom stereocenters. The minimum atomic E-state index is -0.0180. The predicted octanol–water partition coefficient (Wildman–Crippen LogP) is 3.91. The van der Waals surface area contributed by atoms with Crippen molar-refractivity contribution < 1.29 is 9.59 Å². The Kier molecular flexibility index (Phi) is 7.42. The SMILES string of the molecule is CCN(Cc1ccccc1NC(=O)C1CCCN(Cc2ccccc2)C1)C(C)=O. The molecule has 1 heterocycles. The molecule has 2 aromatic carbocycles. The van der Waals surface area contributed by atoms with Crippen molar-refractivity contribution in [3.63, 3.8) is 0 Å². The van der Waals surface area contributed by atoms with E-state index >= 15 is 0 Å². The van der Waals surface area contributed by atoms with Gasteiger partial charge in [0.25, 0.3) is 0 Å². The Labute approximate surface area is 173 Å². The summed E-state index contributed by atoms with van der Waals surface area (Å²) in [6.07, 6.45) is 1.94. The van der Waals surface area contributed by atoms with Gasteiger partial charge in [-0.25, -0.2) is 0 Å². The molecular weight excluding hydrogens is 362 g/mol. The first-order valence-corrected chi connectivity index (χ1v) is 10.5. The molecule has 29 heavy (non-hydrogen) atoms. The zero-order valence-corrected chi connectivity index (χ0v) is 17.4. The van der Waals surface area contributed by atoms with Gasteiger partial charge in [-0.3, -0.25) is 14.5 Å². The molecule has 1 aliphatic heterocycles. The summed E-state index contributed by atoms with van der Waals surface area (Å²) in [4.78, 5) is 28.9. The summed E-state index contributed by atoms with van der Waals surface area (Å²) in [5.41, 5.74) is 3.05. The lowest BCUT2D eigenvalue weighted by atomic mass is 9.96. The van der Waals surface area contributed by atoms with Crippen molar-refractivity contribution in [2.24, 2.45) is 5.92 Å². The number of benzene rings is 2. The van der Waals surface area contributed by atoms with Crippen LogP contribution in [0.3, 0.4) is 0 Å². The monoisotopic (exact) mass is 393 g/mol. The Hall–Kier alpha value is -2.66. The van der Waals surface area contributed by atoms with Gasteiger partial charge in [-0.2, -0.15) is 0 Å². The van der Waals surface area contributed by atoms with Crippen LogP contribution in [0.15, 0.2) is 54.6 Å². The van der Waals surface area contributed by atoms with Crippen LogP contribution in [0.5, 0.6) is 0 Å². The number of hydrogen-bond donors (Lipinski definition) is 1. The van der Waals surface area contributed by atoms with Gasteiger partial charge < -0.3 is 10.2 Å². The van der Waals surface area contributed by atoms with Crippen molar-refractivity contribution >= 4 is 17.5 Å². The number of carbonyl (C=O) groups is 2. The van der Waals surface area contributed by atoms with Crippen molar-refractivity contribution in [2.75, 3.05) is 25.0 Å². The molecule has 1 saturated heterocycles. The molecular formula is C24H31N3O2. The maximum Gasteiger partial charge on any atom is 0.228 e. The van der Waals surface area contributed by atoms with Crippen LogP contribution in [0.25, 0.3) is 0 Å². The van der Waals surface area contributed by atoms with E-state index in [0.29, 0.717) is 13.1 Å².